The Labute approximate surface area is 186 Å². The van der Waals surface area contributed by atoms with Gasteiger partial charge >= 0.3 is 0 Å². The van der Waals surface area contributed by atoms with E-state index in [-0.39, 0.29) is 5.91 Å². The molecule has 0 atom stereocenters. The number of pyridine rings is 1. The molecule has 0 spiro atoms. The van der Waals surface area contributed by atoms with E-state index in [9.17, 15) is 4.79 Å². The molecule has 5 rings (SSSR count). The Morgan fingerprint density at radius 2 is 1.74 bits per heavy atom. The van der Waals surface area contributed by atoms with Crippen molar-refractivity contribution in [1.82, 2.24) is 14.5 Å². The molecule has 0 radical (unpaired) electrons. The van der Waals surface area contributed by atoms with Crippen molar-refractivity contribution < 1.29 is 9.53 Å². The Kier molecular flexibility index (Phi) is 6.58. The quantitative estimate of drug-likeness (QED) is 0.657. The van der Waals surface area contributed by atoms with Gasteiger partial charge in [-0.2, -0.15) is 0 Å². The van der Waals surface area contributed by atoms with Crippen molar-refractivity contribution in [1.29, 1.82) is 0 Å². The van der Waals surface area contributed by atoms with Gasteiger partial charge in [-0.3, -0.25) is 9.78 Å². The lowest BCUT2D eigenvalue weighted by Gasteiger charge is -2.36. The van der Waals surface area contributed by atoms with Gasteiger partial charge in [-0.15, -0.1) is 0 Å². The van der Waals surface area contributed by atoms with Gasteiger partial charge in [-0.25, -0.2) is 0 Å². The van der Waals surface area contributed by atoms with E-state index >= 15 is 0 Å². The number of amides is 1. The zero-order valence-corrected chi connectivity index (χ0v) is 18.8. The molecule has 168 valence electrons. The number of hydrogen-bond acceptors (Lipinski definition) is 3. The number of fused-ring (bicyclic) bond motifs is 1. The van der Waals surface area contributed by atoms with Crippen molar-refractivity contribution in [3.63, 3.8) is 0 Å². The van der Waals surface area contributed by atoms with E-state index in [1.807, 2.05) is 11.0 Å². The predicted octanol–water partition coefficient (Wildman–Crippen LogP) is 5.29. The van der Waals surface area contributed by atoms with E-state index in [0.29, 0.717) is 26.3 Å². The minimum atomic E-state index is 0.0961. The molecule has 3 aliphatic rings. The minimum absolute atomic E-state index is 0.0961. The number of rotatable bonds is 5. The third-order valence-corrected chi connectivity index (χ3v) is 8.15. The van der Waals surface area contributed by atoms with Crippen LogP contribution in [0.25, 0.3) is 11.0 Å². The topological polar surface area (TPSA) is 47.4 Å². The van der Waals surface area contributed by atoms with Crippen LogP contribution < -0.4 is 0 Å². The summed E-state index contributed by atoms with van der Waals surface area (Å²) < 4.78 is 7.70. The Morgan fingerprint density at radius 3 is 2.52 bits per heavy atom. The second-order valence-corrected chi connectivity index (χ2v) is 9.98. The summed E-state index contributed by atoms with van der Waals surface area (Å²) >= 11 is 0. The summed E-state index contributed by atoms with van der Waals surface area (Å²) in [6, 6.07) is 4.09. The molecule has 5 nitrogen and oxygen atoms in total. The first-order valence-corrected chi connectivity index (χ1v) is 12.6. The van der Waals surface area contributed by atoms with E-state index in [0.717, 1.165) is 40.9 Å². The van der Waals surface area contributed by atoms with Gasteiger partial charge < -0.3 is 14.2 Å². The maximum absolute atomic E-state index is 13.1. The highest BCUT2D eigenvalue weighted by molar-refractivity contribution is 6.05. The molecule has 31 heavy (non-hydrogen) atoms. The molecule has 1 amide bonds. The second kappa shape index (κ2) is 9.72. The molecule has 2 aromatic rings. The average molecular weight is 424 g/mol. The summed E-state index contributed by atoms with van der Waals surface area (Å²) in [6.07, 6.45) is 18.1. The summed E-state index contributed by atoms with van der Waals surface area (Å²) in [6.45, 7) is 3.57. The highest BCUT2D eigenvalue weighted by Crippen LogP contribution is 2.40. The SMILES string of the molecule is O=C(c1cn(CCC2CCC(C3CCCCC3)CC2)c2cccnc12)N1CCOCC1. The molecule has 2 aromatic heterocycles. The van der Waals surface area contributed by atoms with E-state index in [4.69, 9.17) is 4.74 Å². The van der Waals surface area contributed by atoms with Gasteiger partial charge in [0.05, 0.1) is 24.3 Å². The fourth-order valence-corrected chi connectivity index (χ4v) is 6.28. The van der Waals surface area contributed by atoms with Crippen LogP contribution in [0.4, 0.5) is 0 Å². The van der Waals surface area contributed by atoms with E-state index < -0.39 is 0 Å². The molecule has 3 fully saturated rings. The van der Waals surface area contributed by atoms with Gasteiger partial charge in [0, 0.05) is 32.0 Å². The van der Waals surface area contributed by atoms with Crippen molar-refractivity contribution in [2.24, 2.45) is 17.8 Å². The van der Waals surface area contributed by atoms with E-state index in [1.165, 1.54) is 64.2 Å². The van der Waals surface area contributed by atoms with Crippen LogP contribution in [0.1, 0.15) is 74.6 Å². The third kappa shape index (κ3) is 4.67. The Hall–Kier alpha value is -1.88. The van der Waals surface area contributed by atoms with Crippen LogP contribution >= 0.6 is 0 Å². The average Bonchev–Trinajstić information content (AvgIpc) is 3.22. The lowest BCUT2D eigenvalue weighted by atomic mass is 9.70. The van der Waals surface area contributed by atoms with Crippen molar-refractivity contribution in [3.8, 4) is 0 Å². The summed E-state index contributed by atoms with van der Waals surface area (Å²) in [5, 5.41) is 0. The standard InChI is InChI=1S/C26H37N3O2/c30-26(28-15-17-31-18-16-28)23-19-29(24-7-4-13-27-25(23)24)14-12-20-8-10-22(11-9-20)21-5-2-1-3-6-21/h4,7,13,19-22H,1-3,5-6,8-12,14-18H2. The molecule has 5 heteroatoms. The molecule has 2 saturated carbocycles. The summed E-state index contributed by atoms with van der Waals surface area (Å²) in [4.78, 5) is 19.6. The number of morpholine rings is 1. The van der Waals surface area contributed by atoms with Crippen LogP contribution in [0.2, 0.25) is 0 Å². The molecule has 2 aliphatic carbocycles. The zero-order chi connectivity index (χ0) is 21.0. The number of carbonyl (C=O) groups excluding carboxylic acids is 1. The van der Waals surface area contributed by atoms with E-state index in [1.54, 1.807) is 6.20 Å². The number of aromatic nitrogens is 2. The van der Waals surface area contributed by atoms with Crippen LogP contribution in [0, 0.1) is 17.8 Å². The van der Waals surface area contributed by atoms with Gasteiger partial charge in [0.15, 0.2) is 0 Å². The number of carbonyl (C=O) groups is 1. The Balaban J connectivity index is 1.22. The molecule has 0 aromatic carbocycles. The Morgan fingerprint density at radius 1 is 1.00 bits per heavy atom. The van der Waals surface area contributed by atoms with Crippen molar-refractivity contribution >= 4 is 16.9 Å². The van der Waals surface area contributed by atoms with Crippen LogP contribution in [-0.4, -0.2) is 46.7 Å². The molecular formula is C26H37N3O2. The van der Waals surface area contributed by atoms with Gasteiger partial charge in [0.25, 0.3) is 5.91 Å². The highest BCUT2D eigenvalue weighted by Gasteiger charge is 2.29. The lowest BCUT2D eigenvalue weighted by Crippen LogP contribution is -2.40. The molecule has 1 saturated heterocycles. The predicted molar refractivity (Wildman–Crippen MR) is 123 cm³/mol. The van der Waals surface area contributed by atoms with Crippen LogP contribution in [0.3, 0.4) is 0 Å². The molecule has 1 aliphatic heterocycles. The van der Waals surface area contributed by atoms with Crippen LogP contribution in [0.5, 0.6) is 0 Å². The second-order valence-electron chi connectivity index (χ2n) is 9.98. The largest absolute Gasteiger partial charge is 0.378 e. The first-order chi connectivity index (χ1) is 15.3. The lowest BCUT2D eigenvalue weighted by molar-refractivity contribution is 0.0304. The van der Waals surface area contributed by atoms with Gasteiger partial charge in [0.2, 0.25) is 0 Å². The number of nitrogens with zero attached hydrogens (tertiary/aromatic N) is 3. The van der Waals surface area contributed by atoms with Crippen molar-refractivity contribution in [2.75, 3.05) is 26.3 Å². The molecular weight excluding hydrogens is 386 g/mol. The fraction of sp³-hybridized carbons (Fsp3) is 0.692. The van der Waals surface area contributed by atoms with Gasteiger partial charge in [-0.1, -0.05) is 44.9 Å². The van der Waals surface area contributed by atoms with Crippen molar-refractivity contribution in [3.05, 3.63) is 30.1 Å². The fourth-order valence-electron chi connectivity index (χ4n) is 6.28. The maximum Gasteiger partial charge on any atom is 0.257 e. The number of aryl methyl sites for hydroxylation is 1. The van der Waals surface area contributed by atoms with Crippen molar-refractivity contribution in [2.45, 2.75) is 70.8 Å². The minimum Gasteiger partial charge on any atom is -0.378 e. The molecule has 0 N–H and O–H groups in total. The molecule has 0 unspecified atom stereocenters. The highest BCUT2D eigenvalue weighted by atomic mass is 16.5. The molecule has 0 bridgehead atoms. The first kappa shape index (κ1) is 21.0. The normalized spacial score (nSPS) is 25.7. The third-order valence-electron chi connectivity index (χ3n) is 8.15. The Bertz CT molecular complexity index is 872. The summed E-state index contributed by atoms with van der Waals surface area (Å²) in [5.74, 6) is 2.93. The monoisotopic (exact) mass is 423 g/mol. The smallest absolute Gasteiger partial charge is 0.257 e. The number of hydrogen-bond donors (Lipinski definition) is 0. The maximum atomic E-state index is 13.1. The van der Waals surface area contributed by atoms with Crippen LogP contribution in [-0.2, 0) is 11.3 Å². The number of ether oxygens (including phenoxy) is 1. The van der Waals surface area contributed by atoms with Crippen LogP contribution in [0.15, 0.2) is 24.5 Å². The first-order valence-electron chi connectivity index (χ1n) is 12.6. The summed E-state index contributed by atoms with van der Waals surface area (Å²) in [5.41, 5.74) is 2.69. The van der Waals surface area contributed by atoms with Gasteiger partial charge in [-0.05, 0) is 49.1 Å². The van der Waals surface area contributed by atoms with Gasteiger partial charge in [0.1, 0.15) is 5.52 Å². The van der Waals surface area contributed by atoms with E-state index in [2.05, 4.69) is 21.8 Å². The zero-order valence-electron chi connectivity index (χ0n) is 18.8. The summed E-state index contributed by atoms with van der Waals surface area (Å²) in [7, 11) is 0. The molecule has 3 heterocycles.